The maximum absolute atomic E-state index is 12.8. The van der Waals surface area contributed by atoms with Crippen LogP contribution < -0.4 is 15.0 Å². The molecule has 2 fully saturated rings. The number of nitrogens with one attached hydrogen (secondary N) is 1. The number of ether oxygens (including phenoxy) is 2. The van der Waals surface area contributed by atoms with Crippen LogP contribution in [0.3, 0.4) is 0 Å². The fraction of sp³-hybridized carbons (Fsp3) is 0.579. The van der Waals surface area contributed by atoms with E-state index in [0.717, 1.165) is 31.7 Å². The molecule has 1 atom stereocenters. The third-order valence-electron chi connectivity index (χ3n) is 5.16. The number of piperazine rings is 1. The van der Waals surface area contributed by atoms with E-state index in [0.29, 0.717) is 31.3 Å². The summed E-state index contributed by atoms with van der Waals surface area (Å²) < 4.78 is 10.6. The van der Waals surface area contributed by atoms with Crippen molar-refractivity contribution in [2.24, 2.45) is 5.92 Å². The van der Waals surface area contributed by atoms with Crippen molar-refractivity contribution in [2.45, 2.75) is 25.8 Å². The Morgan fingerprint density at radius 1 is 1.31 bits per heavy atom. The summed E-state index contributed by atoms with van der Waals surface area (Å²) in [5.74, 6) is 1.09. The Morgan fingerprint density at radius 3 is 2.81 bits per heavy atom. The Kier molecular flexibility index (Phi) is 5.98. The fourth-order valence-corrected chi connectivity index (χ4v) is 3.47. The molecule has 1 aromatic carbocycles. The summed E-state index contributed by atoms with van der Waals surface area (Å²) in [6.07, 6.45) is 1.94. The van der Waals surface area contributed by atoms with E-state index in [1.165, 1.54) is 0 Å². The topological polar surface area (TPSA) is 71.1 Å². The molecular weight excluding hydrogens is 334 g/mol. The first kappa shape index (κ1) is 18.5. The van der Waals surface area contributed by atoms with Crippen molar-refractivity contribution in [2.75, 3.05) is 44.9 Å². The minimum Gasteiger partial charge on any atom is -0.497 e. The van der Waals surface area contributed by atoms with Gasteiger partial charge in [-0.3, -0.25) is 4.79 Å². The average molecular weight is 361 g/mol. The lowest BCUT2D eigenvalue weighted by Gasteiger charge is -2.39. The molecule has 7 nitrogen and oxygen atoms in total. The molecule has 1 N–H and O–H groups in total. The number of methoxy groups -OCH3 is 1. The smallest absolute Gasteiger partial charge is 0.318 e. The van der Waals surface area contributed by atoms with E-state index in [-0.39, 0.29) is 11.9 Å². The van der Waals surface area contributed by atoms with Gasteiger partial charge in [-0.2, -0.15) is 0 Å². The Balaban J connectivity index is 1.58. The molecule has 0 saturated carbocycles. The number of carbonyl (C=O) groups is 2. The Morgan fingerprint density at radius 2 is 2.08 bits per heavy atom. The van der Waals surface area contributed by atoms with Crippen LogP contribution in [0.1, 0.15) is 19.8 Å². The summed E-state index contributed by atoms with van der Waals surface area (Å²) in [4.78, 5) is 28.7. The van der Waals surface area contributed by atoms with Crippen LogP contribution >= 0.6 is 0 Å². The van der Waals surface area contributed by atoms with Crippen LogP contribution in [0.4, 0.5) is 10.5 Å². The van der Waals surface area contributed by atoms with Gasteiger partial charge in [0.2, 0.25) is 5.91 Å². The van der Waals surface area contributed by atoms with Crippen LogP contribution in [-0.4, -0.2) is 62.8 Å². The molecule has 0 aromatic heterocycles. The second-order valence-corrected chi connectivity index (χ2v) is 6.80. The summed E-state index contributed by atoms with van der Waals surface area (Å²) in [6.45, 7) is 4.91. The van der Waals surface area contributed by atoms with Crippen molar-refractivity contribution < 1.29 is 19.1 Å². The van der Waals surface area contributed by atoms with Crippen LogP contribution in [0.15, 0.2) is 24.3 Å². The third-order valence-corrected chi connectivity index (χ3v) is 5.16. The van der Waals surface area contributed by atoms with E-state index >= 15 is 0 Å². The zero-order valence-corrected chi connectivity index (χ0v) is 15.4. The molecule has 2 aliphatic heterocycles. The number of amides is 3. The number of benzene rings is 1. The molecule has 142 valence electrons. The van der Waals surface area contributed by atoms with E-state index in [1.54, 1.807) is 23.8 Å². The summed E-state index contributed by atoms with van der Waals surface area (Å²) >= 11 is 0. The summed E-state index contributed by atoms with van der Waals surface area (Å²) in [5.41, 5.74) is 0.795. The largest absolute Gasteiger partial charge is 0.497 e. The predicted octanol–water partition coefficient (Wildman–Crippen LogP) is 1.87. The van der Waals surface area contributed by atoms with E-state index in [1.807, 2.05) is 24.3 Å². The maximum atomic E-state index is 12.8. The number of nitrogens with zero attached hydrogens (tertiary/aromatic N) is 2. The minimum atomic E-state index is -0.496. The predicted molar refractivity (Wildman–Crippen MR) is 98.5 cm³/mol. The molecular formula is C19H27N3O4. The summed E-state index contributed by atoms with van der Waals surface area (Å²) in [5, 5.41) is 2.99. The van der Waals surface area contributed by atoms with E-state index < -0.39 is 6.04 Å². The first-order chi connectivity index (χ1) is 12.6. The van der Waals surface area contributed by atoms with Gasteiger partial charge in [-0.25, -0.2) is 4.79 Å². The van der Waals surface area contributed by atoms with Gasteiger partial charge in [0.1, 0.15) is 11.8 Å². The van der Waals surface area contributed by atoms with Gasteiger partial charge in [0.25, 0.3) is 0 Å². The van der Waals surface area contributed by atoms with Crippen LogP contribution in [0.5, 0.6) is 5.75 Å². The van der Waals surface area contributed by atoms with Gasteiger partial charge >= 0.3 is 6.03 Å². The van der Waals surface area contributed by atoms with Crippen molar-refractivity contribution in [1.29, 1.82) is 0 Å². The average Bonchev–Trinajstić information content (AvgIpc) is 2.69. The number of carbonyl (C=O) groups excluding carboxylic acids is 2. The highest BCUT2D eigenvalue weighted by Crippen LogP contribution is 2.24. The molecule has 0 bridgehead atoms. The minimum absolute atomic E-state index is 0.0780. The lowest BCUT2D eigenvalue weighted by molar-refractivity contribution is -0.124. The third kappa shape index (κ3) is 4.09. The van der Waals surface area contributed by atoms with E-state index in [4.69, 9.17) is 9.47 Å². The highest BCUT2D eigenvalue weighted by Gasteiger charge is 2.35. The van der Waals surface area contributed by atoms with E-state index in [2.05, 4.69) is 5.32 Å². The molecule has 2 saturated heterocycles. The van der Waals surface area contributed by atoms with Crippen molar-refractivity contribution in [1.82, 2.24) is 10.2 Å². The highest BCUT2D eigenvalue weighted by molar-refractivity contribution is 6.00. The molecule has 26 heavy (non-hydrogen) atoms. The summed E-state index contributed by atoms with van der Waals surface area (Å²) in [7, 11) is 1.60. The highest BCUT2D eigenvalue weighted by atomic mass is 16.5. The quantitative estimate of drug-likeness (QED) is 0.889. The maximum Gasteiger partial charge on any atom is 0.318 e. The van der Waals surface area contributed by atoms with Crippen LogP contribution in [0.2, 0.25) is 0 Å². The number of hydrogen-bond acceptors (Lipinski definition) is 4. The number of hydrogen-bond donors (Lipinski definition) is 1. The van der Waals surface area contributed by atoms with Crippen molar-refractivity contribution >= 4 is 17.6 Å². The molecule has 3 amide bonds. The molecule has 7 heteroatoms. The summed E-state index contributed by atoms with van der Waals surface area (Å²) in [6, 6.07) is 6.77. The molecule has 3 rings (SSSR count). The van der Waals surface area contributed by atoms with Gasteiger partial charge in [-0.05, 0) is 37.8 Å². The SMILES string of the molecule is COc1cccc(N2CCN(C(=O)NCC3CCOCC3)[C@H](C)C2=O)c1. The van der Waals surface area contributed by atoms with Gasteiger partial charge in [-0.15, -0.1) is 0 Å². The normalized spacial score (nSPS) is 21.6. The lowest BCUT2D eigenvalue weighted by atomic mass is 10.0. The number of anilines is 1. The first-order valence-corrected chi connectivity index (χ1v) is 9.18. The fourth-order valence-electron chi connectivity index (χ4n) is 3.47. The van der Waals surface area contributed by atoms with Crippen molar-refractivity contribution in [3.8, 4) is 5.75 Å². The second kappa shape index (κ2) is 8.40. The zero-order chi connectivity index (χ0) is 18.5. The molecule has 0 aliphatic carbocycles. The number of rotatable bonds is 4. The van der Waals surface area contributed by atoms with Gasteiger partial charge in [0.15, 0.2) is 0 Å². The standard InChI is InChI=1S/C19H27N3O4/c1-14-18(23)22(16-4-3-5-17(12-16)25-2)9-8-21(14)19(24)20-13-15-6-10-26-11-7-15/h3-5,12,14-15H,6-11,13H2,1-2H3,(H,20,24)/t14-/m1/s1. The first-order valence-electron chi connectivity index (χ1n) is 9.18. The molecule has 2 heterocycles. The Hall–Kier alpha value is -2.28. The van der Waals surface area contributed by atoms with Gasteiger partial charge in [-0.1, -0.05) is 6.07 Å². The molecule has 0 radical (unpaired) electrons. The lowest BCUT2D eigenvalue weighted by Crippen LogP contribution is -2.60. The van der Waals surface area contributed by atoms with Crippen LogP contribution in [0, 0.1) is 5.92 Å². The molecule has 0 spiro atoms. The van der Waals surface area contributed by atoms with Crippen LogP contribution in [0.25, 0.3) is 0 Å². The second-order valence-electron chi connectivity index (χ2n) is 6.80. The van der Waals surface area contributed by atoms with Gasteiger partial charge in [0, 0.05) is 44.6 Å². The Labute approximate surface area is 154 Å². The van der Waals surface area contributed by atoms with Crippen molar-refractivity contribution in [3.63, 3.8) is 0 Å². The molecule has 1 aromatic rings. The van der Waals surface area contributed by atoms with Gasteiger partial charge in [0.05, 0.1) is 7.11 Å². The number of urea groups is 1. The zero-order valence-electron chi connectivity index (χ0n) is 15.4. The molecule has 0 unspecified atom stereocenters. The monoisotopic (exact) mass is 361 g/mol. The van der Waals surface area contributed by atoms with Crippen molar-refractivity contribution in [3.05, 3.63) is 24.3 Å². The van der Waals surface area contributed by atoms with E-state index in [9.17, 15) is 9.59 Å². The molecule has 2 aliphatic rings. The van der Waals surface area contributed by atoms with Crippen LogP contribution in [-0.2, 0) is 9.53 Å². The Bertz CT molecular complexity index is 645. The van der Waals surface area contributed by atoms with Gasteiger partial charge < -0.3 is 24.6 Å².